The van der Waals surface area contributed by atoms with Crippen molar-refractivity contribution in [2.75, 3.05) is 14.1 Å². The number of alkyl halides is 23. The van der Waals surface area contributed by atoms with E-state index >= 15 is 0 Å². The van der Waals surface area contributed by atoms with E-state index in [1.807, 2.05) is 14.1 Å². The lowest BCUT2D eigenvalue weighted by molar-refractivity contribution is -0.471. The summed E-state index contributed by atoms with van der Waals surface area (Å²) in [4.78, 5) is 0. The Kier molecular flexibility index (Phi) is 11.4. The molecule has 256 valence electrons. The van der Waals surface area contributed by atoms with E-state index in [0.717, 1.165) is 0 Å². The summed E-state index contributed by atoms with van der Waals surface area (Å²) in [6, 6.07) is 0. The Bertz CT molecular complexity index is 1040. The van der Waals surface area contributed by atoms with Gasteiger partial charge >= 0.3 is 75.8 Å². The van der Waals surface area contributed by atoms with Crippen LogP contribution in [0.2, 0.25) is 0 Å². The van der Waals surface area contributed by atoms with Crippen molar-refractivity contribution in [2.24, 2.45) is 0 Å². The van der Waals surface area contributed by atoms with Gasteiger partial charge in [0.2, 0.25) is 0 Å². The Morgan fingerprint density at radius 3 is 0.786 bits per heavy atom. The van der Waals surface area contributed by atoms with Crippen LogP contribution in [0, 0.1) is 0 Å². The third-order valence-corrected chi connectivity index (χ3v) is 5.24. The Morgan fingerprint density at radius 2 is 0.619 bits per heavy atom. The van der Waals surface area contributed by atoms with Crippen LogP contribution in [-0.2, 0) is 10.1 Å². The molecule has 0 radical (unpaired) electrons. The first-order chi connectivity index (χ1) is 17.8. The fraction of sp³-hybridized carbons (Fsp3) is 1.00. The summed E-state index contributed by atoms with van der Waals surface area (Å²) in [7, 11) is -3.69. The highest BCUT2D eigenvalue weighted by Crippen LogP contribution is 2.66. The molecule has 0 heterocycles. The zero-order valence-electron chi connectivity index (χ0n) is 19.0. The maximum atomic E-state index is 13.5. The van der Waals surface area contributed by atoms with E-state index in [4.69, 9.17) is 4.55 Å². The van der Waals surface area contributed by atoms with Crippen molar-refractivity contribution in [3.63, 3.8) is 0 Å². The van der Waals surface area contributed by atoms with Gasteiger partial charge < -0.3 is 5.32 Å². The zero-order valence-corrected chi connectivity index (χ0v) is 19.8. The van der Waals surface area contributed by atoms with Crippen LogP contribution < -0.4 is 5.32 Å². The average molecular weight is 709 g/mol. The molecule has 0 rings (SSSR count). The lowest BCUT2D eigenvalue weighted by atomic mass is 9.85. The minimum atomic E-state index is -9.52. The van der Waals surface area contributed by atoms with E-state index in [-0.39, 0.29) is 0 Å². The highest BCUT2D eigenvalue weighted by Gasteiger charge is 2.98. The number of hydrogen-bond donors (Lipinski definition) is 2. The Hall–Kier alpha value is -1.74. The van der Waals surface area contributed by atoms with Gasteiger partial charge in [-0.15, -0.1) is 0 Å². The van der Waals surface area contributed by atoms with Crippen molar-refractivity contribution >= 4 is 10.1 Å². The van der Waals surface area contributed by atoms with Crippen LogP contribution in [0.4, 0.5) is 101 Å². The number of rotatable bonds is 12. The zero-order chi connectivity index (χ0) is 35.4. The number of halogens is 23. The highest BCUT2D eigenvalue weighted by atomic mass is 32.2. The molecule has 0 aliphatic carbocycles. The predicted octanol–water partition coefficient (Wildman–Crippen LogP) is 6.62. The van der Waals surface area contributed by atoms with Crippen LogP contribution in [-0.4, -0.2) is 98.2 Å². The van der Waals surface area contributed by atoms with Gasteiger partial charge in [0.25, 0.3) is 5.50 Å². The first-order valence-electron chi connectivity index (χ1n) is 9.01. The number of hydrogen-bond acceptors (Lipinski definition) is 3. The summed E-state index contributed by atoms with van der Waals surface area (Å²) < 4.78 is 330. The number of nitrogens with one attached hydrogen (secondary N) is 1. The molecule has 28 heteroatoms. The molecule has 2 N–H and O–H groups in total. The first kappa shape index (κ1) is 42.4. The minimum absolute atomic E-state index is 1.88. The molecule has 0 saturated carbocycles. The van der Waals surface area contributed by atoms with Crippen LogP contribution in [0.1, 0.15) is 0 Å². The molecule has 0 aromatic heterocycles. The van der Waals surface area contributed by atoms with E-state index in [9.17, 15) is 109 Å². The second kappa shape index (κ2) is 11.3. The summed E-state index contributed by atoms with van der Waals surface area (Å²) in [5.41, 5.74) is -6.24. The molecule has 0 fully saturated rings. The lowest BCUT2D eigenvalue weighted by Crippen LogP contribution is -2.77. The van der Waals surface area contributed by atoms with Crippen LogP contribution in [0.3, 0.4) is 0 Å². The first-order valence-corrected chi connectivity index (χ1v) is 10.5. The van der Waals surface area contributed by atoms with E-state index in [1.165, 1.54) is 0 Å². The Morgan fingerprint density at radius 1 is 0.452 bits per heavy atom. The molecular formula is C14H10F23NO3S. The van der Waals surface area contributed by atoms with Gasteiger partial charge in [-0.1, -0.05) is 0 Å². The molecule has 0 aliphatic rings. The van der Waals surface area contributed by atoms with Crippen molar-refractivity contribution in [2.45, 2.75) is 71.2 Å². The molecular weight excluding hydrogens is 699 g/mol. The molecule has 4 nitrogen and oxygen atoms in total. The second-order valence-electron chi connectivity index (χ2n) is 7.47. The van der Waals surface area contributed by atoms with Gasteiger partial charge in [-0.3, -0.25) is 4.55 Å². The third kappa shape index (κ3) is 5.62. The van der Waals surface area contributed by atoms with Crippen LogP contribution in [0.15, 0.2) is 0 Å². The molecule has 0 aromatic rings. The quantitative estimate of drug-likeness (QED) is 0.177. The molecule has 0 amide bonds. The Labute approximate surface area is 215 Å². The molecule has 0 saturated heterocycles. The molecule has 42 heavy (non-hydrogen) atoms. The van der Waals surface area contributed by atoms with Gasteiger partial charge in [-0.2, -0.15) is 96.2 Å². The van der Waals surface area contributed by atoms with Crippen LogP contribution in [0.5, 0.6) is 0 Å². The maximum Gasteiger partial charge on any atom is 0.385 e. The topological polar surface area (TPSA) is 66.4 Å². The molecule has 1 atom stereocenters. The van der Waals surface area contributed by atoms with Gasteiger partial charge in [0, 0.05) is 0 Å². The highest BCUT2D eigenvalue weighted by molar-refractivity contribution is 7.86. The molecule has 0 spiro atoms. The van der Waals surface area contributed by atoms with Gasteiger partial charge in [0.05, 0.1) is 0 Å². The monoisotopic (exact) mass is 709 g/mol. The SMILES string of the molecule is CNC.O=S(=O)(O)C(F)C(F)(F)C(F)(F)C(F)(F)C(F)(F)C(F)(F)C(F)(F)C(F)(F)C(F)(F)C(F)(F)C(F)(F)C(F)F. The van der Waals surface area contributed by atoms with Gasteiger partial charge in [0.1, 0.15) is 0 Å². The van der Waals surface area contributed by atoms with Crippen molar-refractivity contribution in [3.05, 3.63) is 0 Å². The minimum Gasteiger partial charge on any atom is -0.323 e. The second-order valence-corrected chi connectivity index (χ2v) is 8.92. The summed E-state index contributed by atoms with van der Waals surface area (Å²) in [5.74, 6) is -89.8. The van der Waals surface area contributed by atoms with Crippen LogP contribution in [0.25, 0.3) is 0 Å². The van der Waals surface area contributed by atoms with E-state index in [0.29, 0.717) is 0 Å². The molecule has 0 aliphatic heterocycles. The normalized spacial score (nSPS) is 16.7. The fourth-order valence-electron chi connectivity index (χ4n) is 2.07. The average Bonchev–Trinajstić information content (AvgIpc) is 2.76. The summed E-state index contributed by atoms with van der Waals surface area (Å²) in [6.07, 6.45) is -6.27. The van der Waals surface area contributed by atoms with Gasteiger partial charge in [-0.05, 0) is 14.1 Å². The smallest absolute Gasteiger partial charge is 0.323 e. The van der Waals surface area contributed by atoms with Crippen molar-refractivity contribution in [1.29, 1.82) is 0 Å². The van der Waals surface area contributed by atoms with Crippen molar-refractivity contribution in [1.82, 2.24) is 5.32 Å². The van der Waals surface area contributed by atoms with Crippen molar-refractivity contribution < 1.29 is 114 Å². The van der Waals surface area contributed by atoms with Gasteiger partial charge in [0.15, 0.2) is 0 Å². The largest absolute Gasteiger partial charge is 0.385 e. The predicted molar refractivity (Wildman–Crippen MR) is 86.9 cm³/mol. The summed E-state index contributed by atoms with van der Waals surface area (Å²) >= 11 is 0. The lowest BCUT2D eigenvalue weighted by Gasteiger charge is -2.45. The van der Waals surface area contributed by atoms with E-state index in [2.05, 4.69) is 5.32 Å². The molecule has 1 unspecified atom stereocenters. The van der Waals surface area contributed by atoms with Crippen LogP contribution >= 0.6 is 0 Å². The molecule has 0 aromatic carbocycles. The standard InChI is InChI=1S/C12H3F23O3S.C2H7N/c13-1(14)3(16,17)5(20,21)7(24,25)9(28,29)11(32,33)12(34,35)10(30,31)8(26,27)6(22,23)4(18,19)2(15)39(36,37)38;1-3-2/h1-2H,(H,36,37,38);3H,1-2H3. The van der Waals surface area contributed by atoms with E-state index in [1.54, 1.807) is 0 Å². The van der Waals surface area contributed by atoms with Gasteiger partial charge in [-0.25, -0.2) is 13.2 Å². The fourth-order valence-corrected chi connectivity index (χ4v) is 2.59. The van der Waals surface area contributed by atoms with E-state index < -0.39 is 81.3 Å². The summed E-state index contributed by atoms with van der Waals surface area (Å²) in [5, 5.41) is 2.75. The molecule has 0 bridgehead atoms. The third-order valence-electron chi connectivity index (χ3n) is 4.42. The maximum absolute atomic E-state index is 13.5. The Balaban J connectivity index is 0. The van der Waals surface area contributed by atoms with Crippen molar-refractivity contribution in [3.8, 4) is 0 Å². The summed E-state index contributed by atoms with van der Waals surface area (Å²) in [6.45, 7) is 0.